The molecule has 1 unspecified atom stereocenters. The van der Waals surface area contributed by atoms with E-state index in [-0.39, 0.29) is 44.4 Å². The van der Waals surface area contributed by atoms with Crippen LogP contribution in [0.15, 0.2) is 39.5 Å². The highest BCUT2D eigenvalue weighted by molar-refractivity contribution is 9.24. The van der Waals surface area contributed by atoms with Crippen LogP contribution in [0.5, 0.6) is 5.75 Å². The van der Waals surface area contributed by atoms with Crippen LogP contribution in [0.2, 0.25) is 0 Å². The van der Waals surface area contributed by atoms with Crippen molar-refractivity contribution in [2.45, 2.75) is 28.3 Å². The molecular weight excluding hydrogens is 596 g/mol. The van der Waals surface area contributed by atoms with Gasteiger partial charge in [0.05, 0.1) is 31.7 Å². The molecule has 1 heterocycles. The molecule has 8 heteroatoms. The first-order valence-electron chi connectivity index (χ1n) is 9.51. The van der Waals surface area contributed by atoms with Gasteiger partial charge in [-0.05, 0) is 31.0 Å². The summed E-state index contributed by atoms with van der Waals surface area (Å²) in [7, 11) is 1.44. The van der Waals surface area contributed by atoms with E-state index in [1.54, 1.807) is 24.3 Å². The number of alkyl halides is 3. The predicted octanol–water partition coefficient (Wildman–Crippen LogP) is 6.39. The number of fused-ring (bicyclic) bond motifs is 4. The van der Waals surface area contributed by atoms with Crippen LogP contribution in [0.3, 0.4) is 0 Å². The number of carbonyl (C=O) groups excluding carboxylic acids is 2. The van der Waals surface area contributed by atoms with Crippen molar-refractivity contribution in [2.75, 3.05) is 7.11 Å². The van der Waals surface area contributed by atoms with Gasteiger partial charge in [-0.1, -0.05) is 66.8 Å². The van der Waals surface area contributed by atoms with E-state index < -0.39 is 13.8 Å². The Balaban J connectivity index is 2.18. The topological polar surface area (TPSA) is 73.6 Å². The second-order valence-corrected chi connectivity index (χ2v) is 12.3. The number of ketones is 2. The third kappa shape index (κ3) is 3.43. The van der Waals surface area contributed by atoms with Gasteiger partial charge >= 0.3 is 0 Å². The lowest BCUT2D eigenvalue weighted by atomic mass is 9.81. The lowest BCUT2D eigenvalue weighted by Gasteiger charge is -2.24. The van der Waals surface area contributed by atoms with Gasteiger partial charge in [0.1, 0.15) is 17.1 Å². The van der Waals surface area contributed by atoms with Crippen LogP contribution in [0, 0.1) is 0 Å². The molecule has 0 bridgehead atoms. The van der Waals surface area contributed by atoms with Gasteiger partial charge < -0.3 is 9.15 Å². The summed E-state index contributed by atoms with van der Waals surface area (Å²) in [5, 5.41) is 0.250. The minimum atomic E-state index is -0.608. The Bertz CT molecular complexity index is 1320. The van der Waals surface area contributed by atoms with Crippen molar-refractivity contribution in [2.24, 2.45) is 0 Å². The van der Waals surface area contributed by atoms with Crippen molar-refractivity contribution in [1.29, 1.82) is 0 Å². The predicted molar refractivity (Wildman–Crippen MR) is 130 cm³/mol. The van der Waals surface area contributed by atoms with Gasteiger partial charge in [-0.15, -0.1) is 0 Å². The summed E-state index contributed by atoms with van der Waals surface area (Å²) in [5.41, 5.74) is 1.06. The smallest absolute Gasteiger partial charge is 0.202 e. The molecular formula is C23H17Br3O5. The molecule has 160 valence electrons. The lowest BCUT2D eigenvalue weighted by molar-refractivity contribution is 0.0976. The summed E-state index contributed by atoms with van der Waals surface area (Å²) in [5.74, 6) is -0.0431. The van der Waals surface area contributed by atoms with E-state index in [4.69, 9.17) is 9.15 Å². The Kier molecular flexibility index (Phi) is 5.77. The first-order chi connectivity index (χ1) is 14.6. The zero-order valence-corrected chi connectivity index (χ0v) is 21.6. The lowest BCUT2D eigenvalue weighted by Crippen LogP contribution is -2.24. The average molecular weight is 613 g/mol. The SMILES string of the molecule is CCC(C)(Br)c1cc(=O)c2c(C(Br)Br)cc3c(c2o1)C(=O)c1c(OC)cccc1C3=O. The zero-order valence-electron chi connectivity index (χ0n) is 16.8. The van der Waals surface area contributed by atoms with Crippen LogP contribution in [-0.2, 0) is 4.32 Å². The van der Waals surface area contributed by atoms with Crippen molar-refractivity contribution >= 4 is 70.3 Å². The van der Waals surface area contributed by atoms with E-state index in [0.29, 0.717) is 23.5 Å². The van der Waals surface area contributed by atoms with Gasteiger partial charge in [-0.3, -0.25) is 14.4 Å². The maximum atomic E-state index is 13.6. The van der Waals surface area contributed by atoms with E-state index in [9.17, 15) is 14.4 Å². The van der Waals surface area contributed by atoms with Crippen LogP contribution < -0.4 is 10.2 Å². The molecule has 0 N–H and O–H groups in total. The van der Waals surface area contributed by atoms with Crippen LogP contribution in [0.25, 0.3) is 11.0 Å². The molecule has 5 nitrogen and oxygen atoms in total. The third-order valence-corrected chi connectivity index (χ3v) is 7.57. The van der Waals surface area contributed by atoms with Gasteiger partial charge in [-0.25, -0.2) is 0 Å². The number of hydrogen-bond acceptors (Lipinski definition) is 5. The number of methoxy groups -OCH3 is 1. The molecule has 3 aromatic rings. The summed E-state index contributed by atoms with van der Waals surface area (Å²) in [4.78, 5) is 40.2. The third-order valence-electron chi connectivity index (χ3n) is 5.63. The molecule has 0 amide bonds. The van der Waals surface area contributed by atoms with E-state index in [1.807, 2.05) is 13.8 Å². The van der Waals surface area contributed by atoms with Gasteiger partial charge in [0.2, 0.25) is 5.78 Å². The zero-order chi connectivity index (χ0) is 22.7. The average Bonchev–Trinajstić information content (AvgIpc) is 2.75. The van der Waals surface area contributed by atoms with E-state index >= 15 is 0 Å². The van der Waals surface area contributed by atoms with E-state index in [1.165, 1.54) is 13.2 Å². The molecule has 1 aromatic heterocycles. The molecule has 0 radical (unpaired) electrons. The molecule has 1 atom stereocenters. The molecule has 4 rings (SSSR count). The standard InChI is InChI=1S/C23H17Br3O5/c1-4-23(2,26)15-9-13(27)16-12(22(24)25)8-11-18(21(16)31-15)20(29)17-10(19(11)28)6-5-7-14(17)30-3/h5-9,22H,4H2,1-3H3. The second kappa shape index (κ2) is 7.98. The van der Waals surface area contributed by atoms with E-state index in [0.717, 1.165) is 0 Å². The monoisotopic (exact) mass is 610 g/mol. The van der Waals surface area contributed by atoms with Crippen LogP contribution in [0.4, 0.5) is 0 Å². The molecule has 2 aromatic carbocycles. The molecule has 0 spiro atoms. The first kappa shape index (κ1) is 22.4. The highest BCUT2D eigenvalue weighted by Crippen LogP contribution is 2.43. The summed E-state index contributed by atoms with van der Waals surface area (Å²) >= 11 is 10.5. The van der Waals surface area contributed by atoms with Crippen molar-refractivity contribution in [3.8, 4) is 5.75 Å². The number of carbonyl (C=O) groups is 2. The maximum absolute atomic E-state index is 13.6. The number of halogens is 3. The quantitative estimate of drug-likeness (QED) is 0.250. The fraction of sp³-hybridized carbons (Fsp3) is 0.261. The second-order valence-electron chi connectivity index (χ2n) is 7.46. The van der Waals surface area contributed by atoms with Gasteiger partial charge in [0.15, 0.2) is 11.2 Å². The van der Waals surface area contributed by atoms with Gasteiger partial charge in [0, 0.05) is 17.2 Å². The molecule has 1 aliphatic rings. The molecule has 0 fully saturated rings. The Morgan fingerprint density at radius 3 is 2.39 bits per heavy atom. The number of hydrogen-bond donors (Lipinski definition) is 0. The molecule has 0 saturated heterocycles. The fourth-order valence-corrected chi connectivity index (χ4v) is 4.69. The van der Waals surface area contributed by atoms with Gasteiger partial charge in [-0.2, -0.15) is 0 Å². The summed E-state index contributed by atoms with van der Waals surface area (Å²) in [6.07, 6.45) is 0.645. The fourth-order valence-electron chi connectivity index (χ4n) is 3.77. The minimum absolute atomic E-state index is 0.0831. The summed E-state index contributed by atoms with van der Waals surface area (Å²) < 4.78 is 10.5. The summed E-state index contributed by atoms with van der Waals surface area (Å²) in [6.45, 7) is 3.84. The molecule has 0 saturated carbocycles. The number of benzene rings is 2. The first-order valence-corrected chi connectivity index (χ1v) is 12.1. The number of ether oxygens (including phenoxy) is 1. The van der Waals surface area contributed by atoms with Crippen LogP contribution >= 0.6 is 47.8 Å². The Labute approximate surface area is 203 Å². The summed E-state index contributed by atoms with van der Waals surface area (Å²) in [6, 6.07) is 7.92. The minimum Gasteiger partial charge on any atom is -0.496 e. The molecule has 31 heavy (non-hydrogen) atoms. The van der Waals surface area contributed by atoms with Gasteiger partial charge in [0.25, 0.3) is 0 Å². The van der Waals surface area contributed by atoms with Crippen molar-refractivity contribution in [1.82, 2.24) is 0 Å². The van der Waals surface area contributed by atoms with Crippen LogP contribution in [-0.4, -0.2) is 18.7 Å². The molecule has 0 aliphatic heterocycles. The van der Waals surface area contributed by atoms with Crippen molar-refractivity contribution in [3.63, 3.8) is 0 Å². The van der Waals surface area contributed by atoms with E-state index in [2.05, 4.69) is 47.8 Å². The highest BCUT2D eigenvalue weighted by Gasteiger charge is 2.37. The van der Waals surface area contributed by atoms with Crippen molar-refractivity contribution in [3.05, 3.63) is 74.1 Å². The normalized spacial score (nSPS) is 15.1. The molecule has 1 aliphatic carbocycles. The maximum Gasteiger partial charge on any atom is 0.202 e. The largest absolute Gasteiger partial charge is 0.496 e. The van der Waals surface area contributed by atoms with Crippen molar-refractivity contribution < 1.29 is 18.7 Å². The van der Waals surface area contributed by atoms with Crippen LogP contribution in [0.1, 0.15) is 67.2 Å². The Morgan fingerprint density at radius 1 is 1.06 bits per heavy atom. The number of rotatable bonds is 4. The Hall–Kier alpha value is -1.77. The highest BCUT2D eigenvalue weighted by atomic mass is 79.9. The Morgan fingerprint density at radius 2 is 1.77 bits per heavy atom.